The van der Waals surface area contributed by atoms with Crippen LogP contribution in [0.5, 0.6) is 0 Å². The van der Waals surface area contributed by atoms with Gasteiger partial charge >= 0.3 is 29.8 Å². The second kappa shape index (κ2) is 83.3. The fourth-order valence-corrected chi connectivity index (χ4v) is 13.8. The van der Waals surface area contributed by atoms with Crippen molar-refractivity contribution in [3.8, 4) is 0 Å². The molecule has 28 heteroatoms. The van der Waals surface area contributed by atoms with E-state index in [0.29, 0.717) is 33.0 Å². The number of carbonyl (C=O) groups excluding carboxylic acids is 10. The van der Waals surface area contributed by atoms with Crippen molar-refractivity contribution >= 4 is 59.4 Å². The van der Waals surface area contributed by atoms with Gasteiger partial charge in [-0.15, -0.1) is 0 Å². The zero-order valence-corrected chi connectivity index (χ0v) is 75.3. The molecule has 5 atom stereocenters. The summed E-state index contributed by atoms with van der Waals surface area (Å²) >= 11 is 0. The van der Waals surface area contributed by atoms with Crippen molar-refractivity contribution in [1.29, 1.82) is 0 Å². The molecule has 0 saturated carbocycles. The Morgan fingerprint density at radius 1 is 0.210 bits per heavy atom. The predicted octanol–water partition coefficient (Wildman–Crippen LogP) is 12.4. The van der Waals surface area contributed by atoms with Crippen LogP contribution in [0.3, 0.4) is 0 Å². The van der Waals surface area contributed by atoms with Crippen LogP contribution in [0.25, 0.3) is 0 Å². The smallest absolute Gasteiger partial charge is 0.305 e. The molecule has 5 unspecified atom stereocenters. The van der Waals surface area contributed by atoms with E-state index in [9.17, 15) is 73.5 Å². The quantitative estimate of drug-likeness (QED) is 0.0154. The van der Waals surface area contributed by atoms with Crippen LogP contribution in [0.4, 0.5) is 0 Å². The van der Waals surface area contributed by atoms with Gasteiger partial charge in [0.15, 0.2) is 0 Å². The van der Waals surface area contributed by atoms with Gasteiger partial charge in [-0.25, -0.2) is 0 Å². The molecule has 0 radical (unpaired) electrons. The Morgan fingerprint density at radius 2 is 0.361 bits per heavy atom. The van der Waals surface area contributed by atoms with Gasteiger partial charge in [0.2, 0.25) is 29.5 Å². The third-order valence-electron chi connectivity index (χ3n) is 21.2. The maximum atomic E-state index is 13.6. The van der Waals surface area contributed by atoms with Gasteiger partial charge in [0.25, 0.3) is 0 Å². The number of amides is 5. The van der Waals surface area contributed by atoms with Crippen LogP contribution in [0.15, 0.2) is 0 Å². The molecule has 696 valence electrons. The van der Waals surface area contributed by atoms with Crippen LogP contribution in [-0.4, -0.2) is 255 Å². The number of unbranched alkanes of at least 4 members (excludes halogenated alkanes) is 35. The molecule has 10 N–H and O–H groups in total. The molecule has 0 bridgehead atoms. The first-order chi connectivity index (χ1) is 57.7. The van der Waals surface area contributed by atoms with Crippen LogP contribution in [0.2, 0.25) is 0 Å². The number of aliphatic hydroxyl groups is 5. The predicted molar refractivity (Wildman–Crippen MR) is 468 cm³/mol. The average molecular weight is 1700 g/mol. The highest BCUT2D eigenvalue weighted by molar-refractivity contribution is 5.83. The van der Waals surface area contributed by atoms with Crippen molar-refractivity contribution in [2.45, 2.75) is 399 Å². The zero-order chi connectivity index (χ0) is 87.7. The molecule has 28 nitrogen and oxygen atoms in total. The molecule has 0 spiro atoms. The number of nitrogens with zero attached hydrogens (tertiary/aromatic N) is 3. The van der Waals surface area contributed by atoms with E-state index in [1.165, 1.54) is 138 Å². The number of rotatable bonds is 88. The largest absolute Gasteiger partial charge is 0.466 e. The Labute approximate surface area is 718 Å². The van der Waals surface area contributed by atoms with Gasteiger partial charge < -0.3 is 80.7 Å². The van der Waals surface area contributed by atoms with E-state index in [0.717, 1.165) is 128 Å². The van der Waals surface area contributed by atoms with Crippen LogP contribution in [0.1, 0.15) is 369 Å². The SMILES string of the molecule is CCCCCCCCCCOC(=O)CCCNC(=O)C(O)CN(CCCN(CC(O)C(=O)NCCCC(=O)OCCCCCCCCCC)CC(O)C(=O)NCCCC(=O)OCCCCCCCCCC)CCCN(CC(O)C(=O)NCCCC(=O)OCCCCCCCCCC)CC(O)C(=O)NCCCC(=O)OCCCCCCCCCC. The van der Waals surface area contributed by atoms with Gasteiger partial charge in [0.05, 0.1) is 33.0 Å². The van der Waals surface area contributed by atoms with Crippen LogP contribution >= 0.6 is 0 Å². The summed E-state index contributed by atoms with van der Waals surface area (Å²) in [6, 6.07) is 0. The molecule has 0 aliphatic heterocycles. The third kappa shape index (κ3) is 73.6. The van der Waals surface area contributed by atoms with Gasteiger partial charge in [-0.3, -0.25) is 57.7 Å². The number of hydrogen-bond acceptors (Lipinski definition) is 23. The minimum Gasteiger partial charge on any atom is -0.466 e. The van der Waals surface area contributed by atoms with Crippen molar-refractivity contribution in [2.75, 3.05) is 125 Å². The van der Waals surface area contributed by atoms with Crippen molar-refractivity contribution in [3.63, 3.8) is 0 Å². The molecule has 0 rings (SSSR count). The minimum atomic E-state index is -1.67. The molecular formula is C91H172N8O20. The molecule has 5 amide bonds. The first-order valence-electron chi connectivity index (χ1n) is 47.4. The number of nitrogens with one attached hydrogen (secondary N) is 5. The van der Waals surface area contributed by atoms with Crippen LogP contribution < -0.4 is 26.6 Å². The fourth-order valence-electron chi connectivity index (χ4n) is 13.8. The van der Waals surface area contributed by atoms with Crippen molar-refractivity contribution < 1.29 is 97.2 Å². The maximum Gasteiger partial charge on any atom is 0.305 e. The molecule has 0 aliphatic rings. The number of hydrogen-bond donors (Lipinski definition) is 10. The molecule has 0 aromatic rings. The van der Waals surface area contributed by atoms with Crippen LogP contribution in [0, 0.1) is 0 Å². The molecule has 0 aromatic heterocycles. The summed E-state index contributed by atoms with van der Waals surface area (Å²) < 4.78 is 27.1. The molecule has 119 heavy (non-hydrogen) atoms. The highest BCUT2D eigenvalue weighted by atomic mass is 16.5. The second-order valence-electron chi connectivity index (χ2n) is 32.6. The van der Waals surface area contributed by atoms with Crippen LogP contribution in [-0.2, 0) is 71.6 Å². The summed E-state index contributed by atoms with van der Waals surface area (Å²) in [6.45, 7) is 11.3. The van der Waals surface area contributed by atoms with Gasteiger partial charge in [-0.1, -0.05) is 259 Å². The highest BCUT2D eigenvalue weighted by Crippen LogP contribution is 2.16. The highest BCUT2D eigenvalue weighted by Gasteiger charge is 2.28. The summed E-state index contributed by atoms with van der Waals surface area (Å²) in [6.07, 6.45) is 37.4. The fraction of sp³-hybridized carbons (Fsp3) is 0.890. The lowest BCUT2D eigenvalue weighted by molar-refractivity contribution is -0.144. The molecular weight excluding hydrogens is 1530 g/mol. The van der Waals surface area contributed by atoms with Gasteiger partial charge in [-0.2, -0.15) is 0 Å². The summed E-state index contributed by atoms with van der Waals surface area (Å²) in [5.41, 5.74) is 0. The standard InChI is InChI=1S/C91H172N8O20/c1-6-11-16-21-26-31-36-41-67-115-82(105)53-46-58-92-87(110)77(100)72-97(63-51-65-98(73-78(101)88(111)93-59-47-54-83(106)116-68-42-37-32-27-22-17-12-7-2)74-79(102)89(112)94-60-48-55-84(107)117-69-43-38-33-28-23-18-13-8-3)64-52-66-99(75-80(103)90(113)95-61-49-56-85(108)118-70-44-39-34-29-24-19-14-9-4)76-81(104)91(114)96-62-50-57-86(109)119-71-45-40-35-30-25-20-15-10-5/h77-81,100-104H,6-76H2,1-5H3,(H,92,110)(H,93,111)(H,94,112)(H,95,113)(H,96,114). The lowest BCUT2D eigenvalue weighted by Gasteiger charge is -2.30. The first-order valence-corrected chi connectivity index (χ1v) is 47.4. The van der Waals surface area contributed by atoms with E-state index in [-0.39, 0.29) is 169 Å². The summed E-state index contributed by atoms with van der Waals surface area (Å²) in [5, 5.41) is 70.5. The molecule has 0 aliphatic carbocycles. The number of carbonyl (C=O) groups is 10. The summed E-state index contributed by atoms with van der Waals surface area (Å²) in [5.74, 6) is -5.77. The maximum absolute atomic E-state index is 13.6. The first kappa shape index (κ1) is 113. The summed E-state index contributed by atoms with van der Waals surface area (Å²) in [4.78, 5) is 135. The Balaban J connectivity index is 6.68. The second-order valence-corrected chi connectivity index (χ2v) is 32.6. The van der Waals surface area contributed by atoms with Crippen molar-refractivity contribution in [1.82, 2.24) is 41.3 Å². The Morgan fingerprint density at radius 3 is 0.538 bits per heavy atom. The van der Waals surface area contributed by atoms with Gasteiger partial charge in [0, 0.05) is 97.6 Å². The zero-order valence-electron chi connectivity index (χ0n) is 75.3. The van der Waals surface area contributed by atoms with E-state index in [1.54, 1.807) is 4.90 Å². The van der Waals surface area contributed by atoms with Crippen molar-refractivity contribution in [3.05, 3.63) is 0 Å². The van der Waals surface area contributed by atoms with Crippen molar-refractivity contribution in [2.24, 2.45) is 0 Å². The average Bonchev–Trinajstić information content (AvgIpc) is 0.901. The van der Waals surface area contributed by atoms with E-state index in [2.05, 4.69) is 61.2 Å². The molecule has 0 aromatic carbocycles. The number of esters is 5. The topological polar surface area (TPSA) is 388 Å². The Kier molecular flexibility index (Phi) is 79.4. The monoisotopic (exact) mass is 1700 g/mol. The number of ether oxygens (including phenoxy) is 5. The number of aliphatic hydroxyl groups excluding tert-OH is 5. The van der Waals surface area contributed by atoms with Gasteiger partial charge in [0.1, 0.15) is 30.5 Å². The Hall–Kier alpha value is -5.62. The van der Waals surface area contributed by atoms with Gasteiger partial charge in [-0.05, 0) is 103 Å². The molecule has 0 heterocycles. The lowest BCUT2D eigenvalue weighted by Crippen LogP contribution is -2.49. The third-order valence-corrected chi connectivity index (χ3v) is 21.2. The summed E-state index contributed by atoms with van der Waals surface area (Å²) in [7, 11) is 0. The molecule has 0 fully saturated rings. The Bertz CT molecular complexity index is 2250. The van der Waals surface area contributed by atoms with E-state index >= 15 is 0 Å². The molecule has 0 saturated heterocycles. The van der Waals surface area contributed by atoms with E-state index < -0.39 is 89.9 Å². The lowest BCUT2D eigenvalue weighted by atomic mass is 10.1. The normalized spacial score (nSPS) is 12.7. The van der Waals surface area contributed by atoms with E-state index in [1.807, 2.05) is 0 Å². The van der Waals surface area contributed by atoms with E-state index in [4.69, 9.17) is 23.7 Å². The minimum absolute atomic E-state index is 0.0354.